The van der Waals surface area contributed by atoms with Gasteiger partial charge in [-0.15, -0.1) is 0 Å². The summed E-state index contributed by atoms with van der Waals surface area (Å²) >= 11 is 0. The van der Waals surface area contributed by atoms with Crippen LogP contribution in [0, 0.1) is 0 Å². The number of pyridine rings is 1. The molecule has 1 aromatic heterocycles. The second-order valence-corrected chi connectivity index (χ2v) is 6.20. The first-order valence-corrected chi connectivity index (χ1v) is 8.49. The van der Waals surface area contributed by atoms with Gasteiger partial charge in [0.05, 0.1) is 11.4 Å². The van der Waals surface area contributed by atoms with Crippen LogP contribution in [0.25, 0.3) is 33.6 Å². The molecule has 4 aromatic rings. The minimum atomic E-state index is 0.740. The molecule has 4 rings (SSSR count). The van der Waals surface area contributed by atoms with Crippen LogP contribution in [0.15, 0.2) is 91.0 Å². The fraction of sp³-hybridized carbons (Fsp3) is 0. The molecule has 0 saturated heterocycles. The van der Waals surface area contributed by atoms with Crippen molar-refractivity contribution in [2.45, 2.75) is 0 Å². The van der Waals surface area contributed by atoms with Crippen molar-refractivity contribution in [1.29, 1.82) is 0 Å². The van der Waals surface area contributed by atoms with Gasteiger partial charge in [-0.3, -0.25) is 0 Å². The van der Waals surface area contributed by atoms with E-state index >= 15 is 0 Å². The predicted octanol–water partition coefficient (Wildman–Crippen LogP) is 5.25. The Hall–Kier alpha value is -3.59. The van der Waals surface area contributed by atoms with E-state index < -0.39 is 0 Å². The van der Waals surface area contributed by atoms with Gasteiger partial charge in [0, 0.05) is 28.1 Å². The summed E-state index contributed by atoms with van der Waals surface area (Å²) in [6, 6.07) is 30.1. The third-order valence-electron chi connectivity index (χ3n) is 4.37. The highest BCUT2D eigenvalue weighted by Crippen LogP contribution is 2.33. The zero-order chi connectivity index (χ0) is 17.9. The van der Waals surface area contributed by atoms with Gasteiger partial charge in [-0.2, -0.15) is 0 Å². The van der Waals surface area contributed by atoms with Crippen molar-refractivity contribution in [3.8, 4) is 33.6 Å². The van der Waals surface area contributed by atoms with E-state index in [0.717, 1.165) is 45.0 Å². The summed E-state index contributed by atoms with van der Waals surface area (Å²) in [7, 11) is 0. The second-order valence-electron chi connectivity index (χ2n) is 6.20. The highest BCUT2D eigenvalue weighted by atomic mass is 14.7. The molecule has 0 unspecified atom stereocenters. The Labute approximate surface area is 153 Å². The lowest BCUT2D eigenvalue weighted by atomic mass is 9.97. The van der Waals surface area contributed by atoms with Crippen molar-refractivity contribution in [2.75, 3.05) is 11.5 Å². The molecule has 0 radical (unpaired) electrons. The molecular formula is C23H19N3. The van der Waals surface area contributed by atoms with E-state index in [9.17, 15) is 0 Å². The van der Waals surface area contributed by atoms with Crippen molar-refractivity contribution in [3.05, 3.63) is 91.0 Å². The van der Waals surface area contributed by atoms with E-state index in [0.29, 0.717) is 0 Å². The maximum absolute atomic E-state index is 5.86. The molecule has 1 heterocycles. The zero-order valence-corrected chi connectivity index (χ0v) is 14.3. The van der Waals surface area contributed by atoms with Crippen LogP contribution in [-0.4, -0.2) is 4.98 Å². The van der Waals surface area contributed by atoms with Gasteiger partial charge in [-0.25, -0.2) is 4.98 Å². The Kier molecular flexibility index (Phi) is 4.12. The summed E-state index contributed by atoms with van der Waals surface area (Å²) in [5.74, 6) is 0. The molecule has 126 valence electrons. The van der Waals surface area contributed by atoms with Gasteiger partial charge < -0.3 is 11.5 Å². The average Bonchev–Trinajstić information content (AvgIpc) is 2.69. The molecule has 0 spiro atoms. The molecule has 0 bridgehead atoms. The van der Waals surface area contributed by atoms with Crippen molar-refractivity contribution >= 4 is 11.4 Å². The van der Waals surface area contributed by atoms with Crippen LogP contribution >= 0.6 is 0 Å². The Balaban J connectivity index is 1.90. The first kappa shape index (κ1) is 15.9. The number of nitrogens with two attached hydrogens (primary N) is 2. The van der Waals surface area contributed by atoms with Gasteiger partial charge in [0.15, 0.2) is 0 Å². The van der Waals surface area contributed by atoms with Crippen molar-refractivity contribution in [3.63, 3.8) is 0 Å². The number of hydrogen-bond donors (Lipinski definition) is 2. The lowest BCUT2D eigenvalue weighted by molar-refractivity contribution is 1.32. The van der Waals surface area contributed by atoms with E-state index in [1.807, 2.05) is 66.7 Å². The molecule has 0 aliphatic heterocycles. The SMILES string of the molecule is Nc1ccc(-c2ccc(-c3ccccc3)c(-c3ccc(N)cc3)n2)cc1. The number of nitrogens with zero attached hydrogens (tertiary/aromatic N) is 1. The third-order valence-corrected chi connectivity index (χ3v) is 4.37. The molecule has 3 nitrogen and oxygen atoms in total. The predicted molar refractivity (Wildman–Crippen MR) is 109 cm³/mol. The Bertz CT molecular complexity index is 1020. The van der Waals surface area contributed by atoms with Crippen molar-refractivity contribution < 1.29 is 0 Å². The highest BCUT2D eigenvalue weighted by Gasteiger charge is 2.11. The number of anilines is 2. The van der Waals surface area contributed by atoms with Gasteiger partial charge in [0.25, 0.3) is 0 Å². The van der Waals surface area contributed by atoms with Gasteiger partial charge in [-0.05, 0) is 35.9 Å². The molecule has 0 aliphatic rings. The summed E-state index contributed by atoms with van der Waals surface area (Å²) in [5.41, 5.74) is 19.3. The Morgan fingerprint density at radius 1 is 0.500 bits per heavy atom. The molecule has 3 heteroatoms. The largest absolute Gasteiger partial charge is 0.399 e. The van der Waals surface area contributed by atoms with E-state index in [-0.39, 0.29) is 0 Å². The van der Waals surface area contributed by atoms with Gasteiger partial charge >= 0.3 is 0 Å². The molecule has 0 aliphatic carbocycles. The van der Waals surface area contributed by atoms with Crippen LogP contribution in [0.5, 0.6) is 0 Å². The number of nitrogen functional groups attached to an aromatic ring is 2. The fourth-order valence-corrected chi connectivity index (χ4v) is 2.99. The molecule has 0 atom stereocenters. The van der Waals surface area contributed by atoms with Crippen LogP contribution in [0.2, 0.25) is 0 Å². The van der Waals surface area contributed by atoms with Crippen LogP contribution in [-0.2, 0) is 0 Å². The Morgan fingerprint density at radius 3 is 1.69 bits per heavy atom. The first-order valence-electron chi connectivity index (χ1n) is 8.49. The number of benzene rings is 3. The molecule has 3 aromatic carbocycles. The maximum Gasteiger partial charge on any atom is 0.0787 e. The number of hydrogen-bond acceptors (Lipinski definition) is 3. The minimum absolute atomic E-state index is 0.740. The third kappa shape index (κ3) is 3.15. The monoisotopic (exact) mass is 337 g/mol. The van der Waals surface area contributed by atoms with Crippen LogP contribution in [0.3, 0.4) is 0 Å². The van der Waals surface area contributed by atoms with Crippen LogP contribution < -0.4 is 11.5 Å². The summed E-state index contributed by atoms with van der Waals surface area (Å²) in [6.07, 6.45) is 0. The smallest absolute Gasteiger partial charge is 0.0787 e. The topological polar surface area (TPSA) is 64.9 Å². The highest BCUT2D eigenvalue weighted by molar-refractivity contribution is 5.83. The molecule has 0 fully saturated rings. The number of aromatic nitrogens is 1. The van der Waals surface area contributed by atoms with Crippen molar-refractivity contribution in [1.82, 2.24) is 4.98 Å². The van der Waals surface area contributed by atoms with Crippen LogP contribution in [0.1, 0.15) is 0 Å². The quantitative estimate of drug-likeness (QED) is 0.502. The maximum atomic E-state index is 5.86. The van der Waals surface area contributed by atoms with Gasteiger partial charge in [0.1, 0.15) is 0 Å². The lowest BCUT2D eigenvalue weighted by Crippen LogP contribution is -1.94. The van der Waals surface area contributed by atoms with E-state index in [2.05, 4.69) is 24.3 Å². The second kappa shape index (κ2) is 6.73. The lowest BCUT2D eigenvalue weighted by Gasteiger charge is -2.12. The fourth-order valence-electron chi connectivity index (χ4n) is 2.99. The average molecular weight is 337 g/mol. The molecule has 0 amide bonds. The number of rotatable bonds is 3. The van der Waals surface area contributed by atoms with Gasteiger partial charge in [0.2, 0.25) is 0 Å². The molecule has 26 heavy (non-hydrogen) atoms. The van der Waals surface area contributed by atoms with E-state index in [4.69, 9.17) is 16.5 Å². The molecular weight excluding hydrogens is 318 g/mol. The van der Waals surface area contributed by atoms with E-state index in [1.165, 1.54) is 0 Å². The first-order chi connectivity index (χ1) is 12.7. The summed E-state index contributed by atoms with van der Waals surface area (Å²) in [4.78, 5) is 4.97. The zero-order valence-electron chi connectivity index (χ0n) is 14.3. The summed E-state index contributed by atoms with van der Waals surface area (Å²) in [5, 5.41) is 0. The summed E-state index contributed by atoms with van der Waals surface area (Å²) < 4.78 is 0. The van der Waals surface area contributed by atoms with Crippen molar-refractivity contribution in [2.24, 2.45) is 0 Å². The normalized spacial score (nSPS) is 10.6. The molecule has 0 saturated carbocycles. The standard InChI is InChI=1S/C23H19N3/c24-19-10-6-17(7-11-19)22-15-14-21(16-4-2-1-3-5-16)23(26-22)18-8-12-20(25)13-9-18/h1-15H,24-25H2. The minimum Gasteiger partial charge on any atom is -0.399 e. The van der Waals surface area contributed by atoms with E-state index in [1.54, 1.807) is 0 Å². The Morgan fingerprint density at radius 2 is 1.08 bits per heavy atom. The molecule has 4 N–H and O–H groups in total. The summed E-state index contributed by atoms with van der Waals surface area (Å²) in [6.45, 7) is 0. The van der Waals surface area contributed by atoms with Gasteiger partial charge in [-0.1, -0.05) is 60.7 Å². The van der Waals surface area contributed by atoms with Crippen LogP contribution in [0.4, 0.5) is 11.4 Å².